The molecule has 0 unspecified atom stereocenters. The SMILES string of the molecule is O=C(C1CCNCC1)n1cnc2ccccc21. The summed E-state index contributed by atoms with van der Waals surface area (Å²) in [5.74, 6) is 0.314. The molecule has 0 spiro atoms. The van der Waals surface area contributed by atoms with Crippen LogP contribution < -0.4 is 5.32 Å². The first-order chi connectivity index (χ1) is 8.36. The van der Waals surface area contributed by atoms with Crippen LogP contribution in [0.25, 0.3) is 11.0 Å². The lowest BCUT2D eigenvalue weighted by Gasteiger charge is -2.21. The first kappa shape index (κ1) is 10.5. The molecule has 4 heteroatoms. The van der Waals surface area contributed by atoms with Crippen molar-refractivity contribution in [2.75, 3.05) is 13.1 Å². The van der Waals surface area contributed by atoms with E-state index in [9.17, 15) is 4.79 Å². The number of benzene rings is 1. The van der Waals surface area contributed by atoms with Gasteiger partial charge in [-0.15, -0.1) is 0 Å². The number of rotatable bonds is 1. The Balaban J connectivity index is 1.95. The maximum atomic E-state index is 12.4. The van der Waals surface area contributed by atoms with Gasteiger partial charge in [-0.1, -0.05) is 12.1 Å². The zero-order valence-corrected chi connectivity index (χ0v) is 9.60. The number of nitrogens with zero attached hydrogens (tertiary/aromatic N) is 2. The molecule has 1 N–H and O–H groups in total. The van der Waals surface area contributed by atoms with Crippen LogP contribution in [0.1, 0.15) is 17.6 Å². The summed E-state index contributed by atoms with van der Waals surface area (Å²) >= 11 is 0. The summed E-state index contributed by atoms with van der Waals surface area (Å²) in [6.07, 6.45) is 3.49. The number of carbonyl (C=O) groups excluding carboxylic acids is 1. The molecule has 0 amide bonds. The largest absolute Gasteiger partial charge is 0.317 e. The molecule has 2 aromatic rings. The molecule has 1 saturated heterocycles. The van der Waals surface area contributed by atoms with Crippen LogP contribution in [-0.2, 0) is 0 Å². The number of fused-ring (bicyclic) bond motifs is 1. The van der Waals surface area contributed by atoms with Gasteiger partial charge in [-0.3, -0.25) is 9.36 Å². The second kappa shape index (κ2) is 4.30. The molecule has 0 saturated carbocycles. The van der Waals surface area contributed by atoms with Crippen molar-refractivity contribution in [3.8, 4) is 0 Å². The standard InChI is InChI=1S/C13H15N3O/c17-13(10-5-7-14-8-6-10)16-9-15-11-3-1-2-4-12(11)16/h1-4,9-10,14H,5-8H2. The molecule has 4 nitrogen and oxygen atoms in total. The predicted molar refractivity (Wildman–Crippen MR) is 66.0 cm³/mol. The lowest BCUT2D eigenvalue weighted by atomic mass is 9.97. The van der Waals surface area contributed by atoms with Gasteiger partial charge in [0.15, 0.2) is 0 Å². The molecule has 2 heterocycles. The molecular formula is C13H15N3O. The van der Waals surface area contributed by atoms with E-state index in [4.69, 9.17) is 0 Å². The monoisotopic (exact) mass is 229 g/mol. The number of para-hydroxylation sites is 2. The smallest absolute Gasteiger partial charge is 0.235 e. The molecule has 0 radical (unpaired) electrons. The maximum absolute atomic E-state index is 12.4. The van der Waals surface area contributed by atoms with Crippen molar-refractivity contribution >= 4 is 16.9 Å². The van der Waals surface area contributed by atoms with E-state index in [0.717, 1.165) is 37.0 Å². The second-order valence-corrected chi connectivity index (χ2v) is 4.47. The van der Waals surface area contributed by atoms with Gasteiger partial charge in [0.1, 0.15) is 6.33 Å². The second-order valence-electron chi connectivity index (χ2n) is 4.47. The zero-order chi connectivity index (χ0) is 11.7. The van der Waals surface area contributed by atoms with Crippen LogP contribution in [0.4, 0.5) is 0 Å². The van der Waals surface area contributed by atoms with Crippen LogP contribution in [0.2, 0.25) is 0 Å². The maximum Gasteiger partial charge on any atom is 0.235 e. The average molecular weight is 229 g/mol. The summed E-state index contributed by atoms with van der Waals surface area (Å²) in [5.41, 5.74) is 1.80. The van der Waals surface area contributed by atoms with E-state index in [1.807, 2.05) is 24.3 Å². The number of hydrogen-bond acceptors (Lipinski definition) is 3. The highest BCUT2D eigenvalue weighted by Gasteiger charge is 2.23. The van der Waals surface area contributed by atoms with E-state index < -0.39 is 0 Å². The highest BCUT2D eigenvalue weighted by Crippen LogP contribution is 2.18. The Morgan fingerprint density at radius 3 is 2.88 bits per heavy atom. The molecule has 0 atom stereocenters. The average Bonchev–Trinajstić information content (AvgIpc) is 2.83. The molecule has 1 aliphatic heterocycles. The van der Waals surface area contributed by atoms with Gasteiger partial charge in [0.2, 0.25) is 5.91 Å². The molecule has 1 aromatic carbocycles. The van der Waals surface area contributed by atoms with Crippen molar-refractivity contribution in [1.82, 2.24) is 14.9 Å². The van der Waals surface area contributed by atoms with Gasteiger partial charge in [0.25, 0.3) is 0 Å². The number of carbonyl (C=O) groups is 1. The normalized spacial score (nSPS) is 17.4. The molecule has 3 rings (SSSR count). The van der Waals surface area contributed by atoms with Crippen molar-refractivity contribution in [2.45, 2.75) is 12.8 Å². The number of nitrogens with one attached hydrogen (secondary N) is 1. The molecule has 0 aliphatic carbocycles. The summed E-state index contributed by atoms with van der Waals surface area (Å²) in [4.78, 5) is 16.6. The fourth-order valence-corrected chi connectivity index (χ4v) is 2.40. The van der Waals surface area contributed by atoms with Gasteiger partial charge >= 0.3 is 0 Å². The fraction of sp³-hybridized carbons (Fsp3) is 0.385. The zero-order valence-electron chi connectivity index (χ0n) is 9.60. The summed E-state index contributed by atoms with van der Waals surface area (Å²) in [7, 11) is 0. The van der Waals surface area contributed by atoms with Crippen molar-refractivity contribution < 1.29 is 4.79 Å². The minimum Gasteiger partial charge on any atom is -0.317 e. The quantitative estimate of drug-likeness (QED) is 0.809. The first-order valence-corrected chi connectivity index (χ1v) is 6.03. The van der Waals surface area contributed by atoms with Crippen LogP contribution in [0, 0.1) is 5.92 Å². The molecule has 1 aromatic heterocycles. The van der Waals surface area contributed by atoms with Crippen LogP contribution in [0.5, 0.6) is 0 Å². The molecule has 1 aliphatic rings. The Morgan fingerprint density at radius 2 is 2.06 bits per heavy atom. The number of hydrogen-bond donors (Lipinski definition) is 1. The lowest BCUT2D eigenvalue weighted by molar-refractivity contribution is 0.0812. The summed E-state index contributed by atoms with van der Waals surface area (Å²) in [6.45, 7) is 1.87. The van der Waals surface area contributed by atoms with E-state index in [2.05, 4.69) is 10.3 Å². The molecular weight excluding hydrogens is 214 g/mol. The molecule has 17 heavy (non-hydrogen) atoms. The van der Waals surface area contributed by atoms with Gasteiger partial charge in [-0.2, -0.15) is 0 Å². The Hall–Kier alpha value is -1.68. The third kappa shape index (κ3) is 1.85. The van der Waals surface area contributed by atoms with Crippen molar-refractivity contribution in [1.29, 1.82) is 0 Å². The number of imidazole rings is 1. The number of aromatic nitrogens is 2. The highest BCUT2D eigenvalue weighted by atomic mass is 16.2. The van der Waals surface area contributed by atoms with Crippen LogP contribution in [0.3, 0.4) is 0 Å². The van der Waals surface area contributed by atoms with Crippen molar-refractivity contribution in [2.24, 2.45) is 5.92 Å². The third-order valence-corrected chi connectivity index (χ3v) is 3.38. The van der Waals surface area contributed by atoms with Gasteiger partial charge in [-0.25, -0.2) is 4.98 Å². The fourth-order valence-electron chi connectivity index (χ4n) is 2.40. The van der Waals surface area contributed by atoms with Crippen LogP contribution in [0.15, 0.2) is 30.6 Å². The van der Waals surface area contributed by atoms with Crippen LogP contribution in [-0.4, -0.2) is 28.5 Å². The van der Waals surface area contributed by atoms with E-state index in [-0.39, 0.29) is 11.8 Å². The predicted octanol–water partition coefficient (Wildman–Crippen LogP) is 1.68. The van der Waals surface area contributed by atoms with Gasteiger partial charge in [-0.05, 0) is 38.1 Å². The van der Waals surface area contributed by atoms with Crippen molar-refractivity contribution in [3.63, 3.8) is 0 Å². The summed E-state index contributed by atoms with van der Waals surface area (Å²) in [5, 5.41) is 3.27. The van der Waals surface area contributed by atoms with E-state index >= 15 is 0 Å². The van der Waals surface area contributed by atoms with E-state index in [0.29, 0.717) is 0 Å². The van der Waals surface area contributed by atoms with Crippen LogP contribution >= 0.6 is 0 Å². The van der Waals surface area contributed by atoms with E-state index in [1.54, 1.807) is 10.9 Å². The highest BCUT2D eigenvalue weighted by molar-refractivity contribution is 5.91. The third-order valence-electron chi connectivity index (χ3n) is 3.38. The molecule has 1 fully saturated rings. The van der Waals surface area contributed by atoms with Gasteiger partial charge < -0.3 is 5.32 Å². The van der Waals surface area contributed by atoms with Gasteiger partial charge in [0.05, 0.1) is 11.0 Å². The molecule has 88 valence electrons. The minimum absolute atomic E-state index is 0.133. The lowest BCUT2D eigenvalue weighted by Crippen LogP contribution is -2.33. The summed E-state index contributed by atoms with van der Waals surface area (Å²) in [6, 6.07) is 7.76. The minimum atomic E-state index is 0.133. The topological polar surface area (TPSA) is 46.9 Å². The summed E-state index contributed by atoms with van der Waals surface area (Å²) < 4.78 is 1.70. The Labute approximate surface area is 99.6 Å². The Kier molecular flexibility index (Phi) is 2.65. The van der Waals surface area contributed by atoms with Crippen molar-refractivity contribution in [3.05, 3.63) is 30.6 Å². The first-order valence-electron chi connectivity index (χ1n) is 6.03. The van der Waals surface area contributed by atoms with Gasteiger partial charge in [0, 0.05) is 5.92 Å². The Morgan fingerprint density at radius 1 is 1.29 bits per heavy atom. The van der Waals surface area contributed by atoms with E-state index in [1.165, 1.54) is 0 Å². The number of piperidine rings is 1. The molecule has 0 bridgehead atoms. The Bertz CT molecular complexity index is 540.